The summed E-state index contributed by atoms with van der Waals surface area (Å²) in [5.41, 5.74) is -0.228. The lowest BCUT2D eigenvalue weighted by atomic mass is 10.2. The first-order valence-corrected chi connectivity index (χ1v) is 7.93. The van der Waals surface area contributed by atoms with E-state index in [0.717, 1.165) is 6.07 Å². The molecule has 0 saturated heterocycles. The van der Waals surface area contributed by atoms with Crippen LogP contribution in [0.1, 0.15) is 17.3 Å². The Labute approximate surface area is 153 Å². The second-order valence-electron chi connectivity index (χ2n) is 4.97. The minimum atomic E-state index is -0.741. The highest BCUT2D eigenvalue weighted by atomic mass is 35.5. The molecule has 2 rings (SSSR count). The minimum absolute atomic E-state index is 0.0461. The molecule has 1 N–H and O–H groups in total. The molecular formula is C17H15ClN2O6. The normalized spacial score (nSPS) is 10.1. The van der Waals surface area contributed by atoms with Gasteiger partial charge in [-0.2, -0.15) is 0 Å². The zero-order valence-electron chi connectivity index (χ0n) is 13.7. The number of anilines is 1. The summed E-state index contributed by atoms with van der Waals surface area (Å²) in [5, 5.41) is 13.5. The van der Waals surface area contributed by atoms with Crippen molar-refractivity contribution in [2.45, 2.75) is 6.92 Å². The van der Waals surface area contributed by atoms with Crippen LogP contribution in [0.4, 0.5) is 11.4 Å². The fourth-order valence-corrected chi connectivity index (χ4v) is 2.24. The summed E-state index contributed by atoms with van der Waals surface area (Å²) in [6.07, 6.45) is 0. The number of ether oxygens (including phenoxy) is 2. The van der Waals surface area contributed by atoms with Crippen LogP contribution in [0.2, 0.25) is 5.02 Å². The molecule has 0 spiro atoms. The molecule has 2 aromatic carbocycles. The molecule has 0 aromatic heterocycles. The third-order valence-electron chi connectivity index (χ3n) is 3.17. The Balaban J connectivity index is 2.02. The van der Waals surface area contributed by atoms with E-state index in [1.807, 2.05) is 0 Å². The molecule has 0 aliphatic heterocycles. The number of carbonyl (C=O) groups excluding carboxylic acids is 2. The number of halogens is 1. The number of nitro groups is 1. The zero-order chi connectivity index (χ0) is 19.1. The van der Waals surface area contributed by atoms with E-state index in [1.165, 1.54) is 18.2 Å². The summed E-state index contributed by atoms with van der Waals surface area (Å²) in [7, 11) is 0. The van der Waals surface area contributed by atoms with Gasteiger partial charge in [-0.05, 0) is 31.2 Å². The average Bonchev–Trinajstić information content (AvgIpc) is 2.62. The number of hydrogen-bond donors (Lipinski definition) is 1. The number of nitrogens with zero attached hydrogens (tertiary/aromatic N) is 1. The van der Waals surface area contributed by atoms with E-state index in [0.29, 0.717) is 12.4 Å². The number of nitrogens with one attached hydrogen (secondary N) is 1. The lowest BCUT2D eigenvalue weighted by Crippen LogP contribution is -2.21. The van der Waals surface area contributed by atoms with Gasteiger partial charge in [0.15, 0.2) is 6.61 Å². The number of para-hydroxylation sites is 1. The number of amides is 1. The van der Waals surface area contributed by atoms with E-state index in [1.54, 1.807) is 25.1 Å². The number of carbonyl (C=O) groups is 2. The number of rotatable bonds is 7. The van der Waals surface area contributed by atoms with Crippen molar-refractivity contribution in [2.24, 2.45) is 0 Å². The Hall–Kier alpha value is -3.13. The monoisotopic (exact) mass is 378 g/mol. The third kappa shape index (κ3) is 4.93. The molecule has 1 amide bonds. The van der Waals surface area contributed by atoms with E-state index in [2.05, 4.69) is 5.32 Å². The molecule has 0 atom stereocenters. The molecule has 136 valence electrons. The van der Waals surface area contributed by atoms with E-state index in [4.69, 9.17) is 21.1 Å². The molecule has 2 aromatic rings. The quantitative estimate of drug-likeness (QED) is 0.449. The molecule has 9 heteroatoms. The first kappa shape index (κ1) is 19.2. The molecule has 0 bridgehead atoms. The summed E-state index contributed by atoms with van der Waals surface area (Å²) in [6, 6.07) is 10.3. The lowest BCUT2D eigenvalue weighted by Gasteiger charge is -2.10. The van der Waals surface area contributed by atoms with Crippen molar-refractivity contribution >= 4 is 34.9 Å². The van der Waals surface area contributed by atoms with E-state index >= 15 is 0 Å². The predicted octanol–water partition coefficient (Wildman–Crippen LogP) is 3.44. The fraction of sp³-hybridized carbons (Fsp3) is 0.176. The molecule has 0 fully saturated rings. The number of benzene rings is 2. The summed E-state index contributed by atoms with van der Waals surface area (Å²) >= 11 is 5.71. The topological polar surface area (TPSA) is 108 Å². The predicted molar refractivity (Wildman–Crippen MR) is 94.6 cm³/mol. The maximum Gasteiger partial charge on any atom is 0.342 e. The molecule has 0 saturated carbocycles. The van der Waals surface area contributed by atoms with Crippen LogP contribution in [-0.4, -0.2) is 30.0 Å². The number of esters is 1. The van der Waals surface area contributed by atoms with Crippen LogP contribution in [0.3, 0.4) is 0 Å². The van der Waals surface area contributed by atoms with Crippen LogP contribution in [0.15, 0.2) is 42.5 Å². The van der Waals surface area contributed by atoms with Crippen molar-refractivity contribution in [2.75, 3.05) is 18.5 Å². The molecule has 0 heterocycles. The highest BCUT2D eigenvalue weighted by Crippen LogP contribution is 2.27. The van der Waals surface area contributed by atoms with Gasteiger partial charge in [-0.3, -0.25) is 14.9 Å². The Morgan fingerprint density at radius 1 is 1.23 bits per heavy atom. The molecule has 0 radical (unpaired) electrons. The van der Waals surface area contributed by atoms with E-state index in [-0.39, 0.29) is 22.0 Å². The van der Waals surface area contributed by atoms with Gasteiger partial charge in [0, 0.05) is 11.1 Å². The van der Waals surface area contributed by atoms with Gasteiger partial charge >= 0.3 is 5.97 Å². The molecule has 0 aliphatic rings. The van der Waals surface area contributed by atoms with Gasteiger partial charge in [0.1, 0.15) is 17.0 Å². The van der Waals surface area contributed by atoms with Gasteiger partial charge < -0.3 is 14.8 Å². The van der Waals surface area contributed by atoms with E-state index < -0.39 is 23.4 Å². The minimum Gasteiger partial charge on any atom is -0.493 e. The van der Waals surface area contributed by atoms with E-state index in [9.17, 15) is 19.7 Å². The number of hydrogen-bond acceptors (Lipinski definition) is 6. The fourth-order valence-electron chi connectivity index (χ4n) is 2.07. The molecule has 26 heavy (non-hydrogen) atoms. The summed E-state index contributed by atoms with van der Waals surface area (Å²) in [5.74, 6) is -1.12. The Morgan fingerprint density at radius 2 is 1.96 bits per heavy atom. The van der Waals surface area contributed by atoms with Gasteiger partial charge in [-0.1, -0.05) is 23.7 Å². The standard InChI is InChI=1S/C17H15ClN2O6/c1-2-25-15-6-4-3-5-12(15)17(22)26-10-16(21)19-13-8-7-11(18)9-14(13)20(23)24/h3-9H,2,10H2,1H3,(H,19,21). The molecular weight excluding hydrogens is 364 g/mol. The summed E-state index contributed by atoms with van der Waals surface area (Å²) < 4.78 is 10.3. The van der Waals surface area contributed by atoms with Gasteiger partial charge in [0.2, 0.25) is 0 Å². The zero-order valence-corrected chi connectivity index (χ0v) is 14.5. The van der Waals surface area contributed by atoms with Crippen molar-refractivity contribution in [3.8, 4) is 5.75 Å². The van der Waals surface area contributed by atoms with Crippen LogP contribution < -0.4 is 10.1 Å². The van der Waals surface area contributed by atoms with Crippen LogP contribution in [0.5, 0.6) is 5.75 Å². The highest BCUT2D eigenvalue weighted by molar-refractivity contribution is 6.31. The summed E-state index contributed by atoms with van der Waals surface area (Å²) in [6.45, 7) is 1.53. The molecule has 8 nitrogen and oxygen atoms in total. The van der Waals surface area contributed by atoms with Gasteiger partial charge in [-0.25, -0.2) is 4.79 Å². The smallest absolute Gasteiger partial charge is 0.342 e. The highest BCUT2D eigenvalue weighted by Gasteiger charge is 2.19. The Bertz CT molecular complexity index is 840. The van der Waals surface area contributed by atoms with Crippen LogP contribution in [0, 0.1) is 10.1 Å². The van der Waals surface area contributed by atoms with Crippen molar-refractivity contribution < 1.29 is 24.0 Å². The van der Waals surface area contributed by atoms with Gasteiger partial charge in [-0.15, -0.1) is 0 Å². The largest absolute Gasteiger partial charge is 0.493 e. The summed E-state index contributed by atoms with van der Waals surface area (Å²) in [4.78, 5) is 34.4. The molecule has 0 unspecified atom stereocenters. The second-order valence-corrected chi connectivity index (χ2v) is 5.41. The maximum atomic E-state index is 12.1. The van der Waals surface area contributed by atoms with Crippen molar-refractivity contribution in [3.05, 3.63) is 63.2 Å². The first-order valence-electron chi connectivity index (χ1n) is 7.55. The van der Waals surface area contributed by atoms with Gasteiger partial charge in [0.25, 0.3) is 11.6 Å². The van der Waals surface area contributed by atoms with Gasteiger partial charge in [0.05, 0.1) is 11.5 Å². The van der Waals surface area contributed by atoms with Crippen LogP contribution >= 0.6 is 11.6 Å². The van der Waals surface area contributed by atoms with Crippen molar-refractivity contribution in [1.82, 2.24) is 0 Å². The van der Waals surface area contributed by atoms with Crippen LogP contribution in [0.25, 0.3) is 0 Å². The SMILES string of the molecule is CCOc1ccccc1C(=O)OCC(=O)Nc1ccc(Cl)cc1[N+](=O)[O-]. The maximum absolute atomic E-state index is 12.1. The Kier molecular flexibility index (Phi) is 6.51. The van der Waals surface area contributed by atoms with Crippen molar-refractivity contribution in [1.29, 1.82) is 0 Å². The average molecular weight is 379 g/mol. The lowest BCUT2D eigenvalue weighted by molar-refractivity contribution is -0.383. The second kappa shape index (κ2) is 8.82. The third-order valence-corrected chi connectivity index (χ3v) is 3.41. The van der Waals surface area contributed by atoms with Crippen molar-refractivity contribution in [3.63, 3.8) is 0 Å². The van der Waals surface area contributed by atoms with Crippen LogP contribution in [-0.2, 0) is 9.53 Å². The number of nitro benzene ring substituents is 1. The molecule has 0 aliphatic carbocycles. The Morgan fingerprint density at radius 3 is 2.65 bits per heavy atom. The first-order chi connectivity index (χ1) is 12.4.